The molecule has 0 bridgehead atoms. The number of amides is 2. The van der Waals surface area contributed by atoms with E-state index in [0.29, 0.717) is 18.1 Å². The summed E-state index contributed by atoms with van der Waals surface area (Å²) in [5.74, 6) is -0.323. The van der Waals surface area contributed by atoms with Gasteiger partial charge in [-0.05, 0) is 11.1 Å². The number of ether oxygens (including phenoxy) is 4. The first-order valence-electron chi connectivity index (χ1n) is 10.7. The number of nitrogens with one attached hydrogen (secondary N) is 1. The van der Waals surface area contributed by atoms with Crippen molar-refractivity contribution in [2.75, 3.05) is 31.3 Å². The van der Waals surface area contributed by atoms with E-state index in [-0.39, 0.29) is 32.8 Å². The number of benzene rings is 2. The first-order chi connectivity index (χ1) is 17.0. The van der Waals surface area contributed by atoms with Crippen molar-refractivity contribution >= 4 is 45.5 Å². The molecule has 0 unspecified atom stereocenters. The molecule has 9 nitrogen and oxygen atoms in total. The van der Waals surface area contributed by atoms with Crippen LogP contribution in [0, 0.1) is 0 Å². The average Bonchev–Trinajstić information content (AvgIpc) is 2.88. The Morgan fingerprint density at radius 2 is 1.20 bits per heavy atom. The van der Waals surface area contributed by atoms with Gasteiger partial charge in [-0.1, -0.05) is 82.3 Å². The van der Waals surface area contributed by atoms with Crippen LogP contribution in [0.15, 0.2) is 60.7 Å². The Labute approximate surface area is 211 Å². The van der Waals surface area contributed by atoms with Gasteiger partial charge in [0.2, 0.25) is 5.78 Å². The van der Waals surface area contributed by atoms with Crippen molar-refractivity contribution in [3.8, 4) is 0 Å². The van der Waals surface area contributed by atoms with E-state index in [4.69, 9.17) is 18.9 Å². The monoisotopic (exact) mass is 521 g/mol. The van der Waals surface area contributed by atoms with Gasteiger partial charge in [-0.15, -0.1) is 0 Å². The van der Waals surface area contributed by atoms with E-state index < -0.39 is 23.9 Å². The van der Waals surface area contributed by atoms with Crippen LogP contribution in [-0.2, 0) is 41.8 Å². The third-order valence-electron chi connectivity index (χ3n) is 4.12. The molecule has 0 atom stereocenters. The lowest BCUT2D eigenvalue weighted by atomic mass is 10.2. The molecule has 0 aliphatic rings. The number of ketones is 1. The molecule has 2 aromatic carbocycles. The van der Waals surface area contributed by atoms with Gasteiger partial charge in [0.15, 0.2) is 0 Å². The van der Waals surface area contributed by atoms with E-state index in [1.54, 1.807) is 12.1 Å². The maximum atomic E-state index is 11.8. The zero-order valence-electron chi connectivity index (χ0n) is 19.0. The highest BCUT2D eigenvalue weighted by Gasteiger charge is 2.15. The van der Waals surface area contributed by atoms with Crippen molar-refractivity contribution in [2.45, 2.75) is 19.6 Å². The van der Waals surface area contributed by atoms with Gasteiger partial charge in [0.05, 0.1) is 13.2 Å². The number of hydrogen-bond acceptors (Lipinski definition) is 10. The van der Waals surface area contributed by atoms with Crippen LogP contribution >= 0.6 is 21.6 Å². The molecular weight excluding hydrogens is 494 g/mol. The van der Waals surface area contributed by atoms with Crippen LogP contribution < -0.4 is 5.32 Å². The summed E-state index contributed by atoms with van der Waals surface area (Å²) in [6.45, 7) is 0.771. The molecule has 0 aliphatic carbocycles. The minimum Gasteiger partial charge on any atom is -0.455 e. The highest BCUT2D eigenvalue weighted by molar-refractivity contribution is 8.76. The number of rotatable bonds is 15. The average molecular weight is 522 g/mol. The second-order valence-corrected chi connectivity index (χ2v) is 9.52. The quantitative estimate of drug-likeness (QED) is 0.120. The molecule has 1 N–H and O–H groups in total. The molecular formula is C24H27NO8S2. The second-order valence-electron chi connectivity index (χ2n) is 6.81. The summed E-state index contributed by atoms with van der Waals surface area (Å²) >= 11 is 0. The fraction of sp³-hybridized carbons (Fsp3) is 0.333. The number of esters is 1. The Balaban J connectivity index is 1.38. The van der Waals surface area contributed by atoms with E-state index in [2.05, 4.69) is 0 Å². The molecule has 0 spiro atoms. The zero-order chi connectivity index (χ0) is 25.1. The second kappa shape index (κ2) is 17.4. The predicted octanol–water partition coefficient (Wildman–Crippen LogP) is 4.15. The van der Waals surface area contributed by atoms with Crippen molar-refractivity contribution in [1.29, 1.82) is 0 Å². The van der Waals surface area contributed by atoms with E-state index >= 15 is 0 Å². The fourth-order valence-corrected chi connectivity index (χ4v) is 4.12. The SMILES string of the molecule is O=C(NC(=O)OCc1ccccc1)OCCSSCCOCCC(=O)C(=O)OCc1ccccc1. The summed E-state index contributed by atoms with van der Waals surface area (Å²) in [7, 11) is 2.98. The molecule has 0 saturated carbocycles. The van der Waals surface area contributed by atoms with Crippen molar-refractivity contribution in [1.82, 2.24) is 5.32 Å². The van der Waals surface area contributed by atoms with Crippen molar-refractivity contribution in [3.05, 3.63) is 71.8 Å². The molecule has 2 aromatic rings. The number of alkyl carbamates (subject to hydrolysis) is 2. The van der Waals surface area contributed by atoms with E-state index in [9.17, 15) is 19.2 Å². The van der Waals surface area contributed by atoms with Crippen LogP contribution in [0.5, 0.6) is 0 Å². The number of carbonyl (C=O) groups excluding carboxylic acids is 4. The standard InChI is InChI=1S/C24H27NO8S2/c26-21(22(27)32-17-19-7-3-1-4-8-19)11-12-30-13-15-34-35-16-14-31-23(28)25-24(29)33-18-20-9-5-2-6-10-20/h1-10H,11-18H2,(H,25,28,29). The lowest BCUT2D eigenvalue weighted by molar-refractivity contribution is -0.155. The van der Waals surface area contributed by atoms with Crippen LogP contribution in [0.25, 0.3) is 0 Å². The lowest BCUT2D eigenvalue weighted by Gasteiger charge is -2.07. The van der Waals surface area contributed by atoms with Crippen LogP contribution in [0.3, 0.4) is 0 Å². The van der Waals surface area contributed by atoms with Crippen LogP contribution in [0.2, 0.25) is 0 Å². The Morgan fingerprint density at radius 3 is 1.83 bits per heavy atom. The molecule has 0 heterocycles. The van der Waals surface area contributed by atoms with Gasteiger partial charge in [0.1, 0.15) is 19.8 Å². The van der Waals surface area contributed by atoms with Crippen LogP contribution in [-0.4, -0.2) is 55.3 Å². The van der Waals surface area contributed by atoms with Gasteiger partial charge >= 0.3 is 18.2 Å². The summed E-state index contributed by atoms with van der Waals surface area (Å²) in [5, 5.41) is 1.99. The van der Waals surface area contributed by atoms with Gasteiger partial charge in [0.25, 0.3) is 0 Å². The normalized spacial score (nSPS) is 10.3. The maximum absolute atomic E-state index is 11.8. The summed E-state index contributed by atoms with van der Waals surface area (Å²) in [6.07, 6.45) is -1.78. The molecule has 188 valence electrons. The Bertz CT molecular complexity index is 928. The van der Waals surface area contributed by atoms with Crippen molar-refractivity contribution in [3.63, 3.8) is 0 Å². The maximum Gasteiger partial charge on any atom is 0.416 e. The van der Waals surface area contributed by atoms with E-state index in [1.807, 2.05) is 53.8 Å². The topological polar surface area (TPSA) is 117 Å². The molecule has 0 fully saturated rings. The van der Waals surface area contributed by atoms with Crippen molar-refractivity contribution in [2.24, 2.45) is 0 Å². The molecule has 0 aromatic heterocycles. The smallest absolute Gasteiger partial charge is 0.416 e. The molecule has 0 aliphatic heterocycles. The summed E-state index contributed by atoms with van der Waals surface area (Å²) in [4.78, 5) is 46.5. The summed E-state index contributed by atoms with van der Waals surface area (Å²) < 4.78 is 20.2. The molecule has 2 rings (SSSR count). The molecule has 35 heavy (non-hydrogen) atoms. The largest absolute Gasteiger partial charge is 0.455 e. The fourth-order valence-electron chi connectivity index (χ4n) is 2.43. The Morgan fingerprint density at radius 1 is 0.657 bits per heavy atom. The summed E-state index contributed by atoms with van der Waals surface area (Å²) in [6, 6.07) is 18.2. The van der Waals surface area contributed by atoms with Gasteiger partial charge in [0, 0.05) is 17.9 Å². The zero-order valence-corrected chi connectivity index (χ0v) is 20.6. The number of imide groups is 1. The van der Waals surface area contributed by atoms with Crippen LogP contribution in [0.1, 0.15) is 17.5 Å². The highest BCUT2D eigenvalue weighted by atomic mass is 33.1. The lowest BCUT2D eigenvalue weighted by Crippen LogP contribution is -2.31. The first kappa shape index (κ1) is 28.2. The van der Waals surface area contributed by atoms with Crippen molar-refractivity contribution < 1.29 is 38.1 Å². The highest BCUT2D eigenvalue weighted by Crippen LogP contribution is 2.20. The van der Waals surface area contributed by atoms with Gasteiger partial charge < -0.3 is 18.9 Å². The third kappa shape index (κ3) is 13.5. The molecule has 11 heteroatoms. The summed E-state index contributed by atoms with van der Waals surface area (Å²) in [5.41, 5.74) is 1.62. The number of carbonyl (C=O) groups is 4. The third-order valence-corrected chi connectivity index (χ3v) is 6.46. The van der Waals surface area contributed by atoms with Gasteiger partial charge in [-0.25, -0.2) is 19.7 Å². The number of Topliss-reactive ketones (excluding diaryl/α,β-unsaturated/α-hetero) is 1. The Hall–Kier alpha value is -3.02. The van der Waals surface area contributed by atoms with E-state index in [1.165, 1.54) is 21.6 Å². The molecule has 2 amide bonds. The minimum atomic E-state index is -0.874. The van der Waals surface area contributed by atoms with Crippen LogP contribution in [0.4, 0.5) is 9.59 Å². The Kier molecular flexibility index (Phi) is 14.0. The molecule has 0 radical (unpaired) electrons. The first-order valence-corrected chi connectivity index (χ1v) is 13.2. The predicted molar refractivity (Wildman–Crippen MR) is 133 cm³/mol. The minimum absolute atomic E-state index is 0.0395. The van der Waals surface area contributed by atoms with Gasteiger partial charge in [-0.3, -0.25) is 4.79 Å². The van der Waals surface area contributed by atoms with E-state index in [0.717, 1.165) is 11.1 Å². The number of hydrogen-bond donors (Lipinski definition) is 1. The van der Waals surface area contributed by atoms with Gasteiger partial charge in [-0.2, -0.15) is 0 Å². The molecule has 0 saturated heterocycles.